The van der Waals surface area contributed by atoms with Crippen molar-refractivity contribution in [3.8, 4) is 11.5 Å². The molecule has 0 saturated heterocycles. The van der Waals surface area contributed by atoms with E-state index < -0.39 is 35.7 Å². The first-order chi connectivity index (χ1) is 22.6. The fourth-order valence-electron chi connectivity index (χ4n) is 4.03. The first kappa shape index (κ1) is 37.7. The number of esters is 4. The zero-order valence-corrected chi connectivity index (χ0v) is 26.6. The molecule has 0 unspecified atom stereocenters. The highest BCUT2D eigenvalue weighted by atomic mass is 16.6. The van der Waals surface area contributed by atoms with E-state index >= 15 is 0 Å². The van der Waals surface area contributed by atoms with Gasteiger partial charge in [-0.2, -0.15) is 0 Å². The van der Waals surface area contributed by atoms with Crippen LogP contribution in [0.3, 0.4) is 0 Å². The minimum absolute atomic E-state index is 0.0204. The molecule has 0 atom stereocenters. The second-order valence-corrected chi connectivity index (χ2v) is 9.78. The van der Waals surface area contributed by atoms with Crippen molar-refractivity contribution in [2.75, 3.05) is 40.0 Å². The van der Waals surface area contributed by atoms with Crippen molar-refractivity contribution in [2.45, 2.75) is 39.0 Å². The number of amides is 2. The average Bonchev–Trinajstić information content (AvgIpc) is 3.08. The Hall–Kier alpha value is -5.46. The molecule has 2 aromatic carbocycles. The lowest BCUT2D eigenvalue weighted by atomic mass is 10.1. The van der Waals surface area contributed by atoms with Gasteiger partial charge in [0, 0.05) is 25.7 Å². The normalized spacial score (nSPS) is 10.2. The van der Waals surface area contributed by atoms with Gasteiger partial charge in [0.2, 0.25) is 0 Å². The van der Waals surface area contributed by atoms with Crippen molar-refractivity contribution in [2.24, 2.45) is 0 Å². The predicted molar refractivity (Wildman–Crippen MR) is 170 cm³/mol. The van der Waals surface area contributed by atoms with Crippen molar-refractivity contribution < 1.29 is 52.5 Å². The maximum atomic E-state index is 13.2. The maximum Gasteiger partial charge on any atom is 0.339 e. The fourth-order valence-corrected chi connectivity index (χ4v) is 4.03. The van der Waals surface area contributed by atoms with Gasteiger partial charge in [0.1, 0.15) is 37.9 Å². The average molecular weight is 653 g/mol. The number of carbonyl (C=O) groups excluding carboxylic acids is 6. The standard InChI is InChI=1S/C34H40N2O11/c1-5-8-9-10-11-16-36-32(40)28-22-24(13-15-26(28)34(42)46-20-18-44-30(38)7-3)47-23-12-14-25(27(21-23)31(39)35-4)33(41)45-19-17-43-29(37)6-2/h6-7,12-15,21-22H,2-3,5,8-11,16-20H2,1,4H3,(H,35,39)(H,36,40). The Bertz CT molecular complexity index is 1450. The fraction of sp³-hybridized carbons (Fsp3) is 0.353. The molecule has 2 rings (SSSR count). The first-order valence-electron chi connectivity index (χ1n) is 15.0. The minimum Gasteiger partial charge on any atom is -0.459 e. The van der Waals surface area contributed by atoms with Crippen molar-refractivity contribution in [1.29, 1.82) is 0 Å². The van der Waals surface area contributed by atoms with E-state index in [1.807, 2.05) is 0 Å². The third kappa shape index (κ3) is 12.8. The molecule has 0 aromatic heterocycles. The van der Waals surface area contributed by atoms with E-state index in [4.69, 9.17) is 23.7 Å². The van der Waals surface area contributed by atoms with Gasteiger partial charge in [-0.05, 0) is 42.8 Å². The van der Waals surface area contributed by atoms with Crippen LogP contribution in [0.2, 0.25) is 0 Å². The van der Waals surface area contributed by atoms with Crippen LogP contribution in [0.25, 0.3) is 0 Å². The molecule has 0 spiro atoms. The molecule has 0 bridgehead atoms. The second kappa shape index (κ2) is 20.5. The van der Waals surface area contributed by atoms with Crippen LogP contribution in [0.15, 0.2) is 61.7 Å². The van der Waals surface area contributed by atoms with E-state index in [9.17, 15) is 28.8 Å². The molecule has 13 nitrogen and oxygen atoms in total. The van der Waals surface area contributed by atoms with Crippen molar-refractivity contribution in [3.63, 3.8) is 0 Å². The molecule has 0 saturated carbocycles. The Morgan fingerprint density at radius 2 is 1.11 bits per heavy atom. The molecule has 2 N–H and O–H groups in total. The Labute approximate surface area is 273 Å². The molecule has 0 aliphatic heterocycles. The van der Waals surface area contributed by atoms with Gasteiger partial charge in [-0.3, -0.25) is 9.59 Å². The summed E-state index contributed by atoms with van der Waals surface area (Å²) in [6.07, 6.45) is 6.88. The number of ether oxygens (including phenoxy) is 5. The van der Waals surface area contributed by atoms with E-state index in [-0.39, 0.29) is 60.2 Å². The smallest absolute Gasteiger partial charge is 0.339 e. The van der Waals surface area contributed by atoms with Gasteiger partial charge in [-0.25, -0.2) is 19.2 Å². The third-order valence-corrected chi connectivity index (χ3v) is 6.39. The van der Waals surface area contributed by atoms with Gasteiger partial charge in [0.05, 0.1) is 22.3 Å². The summed E-state index contributed by atoms with van der Waals surface area (Å²) in [4.78, 5) is 73.8. The Balaban J connectivity index is 2.27. The predicted octanol–water partition coefficient (Wildman–Crippen LogP) is 4.31. The third-order valence-electron chi connectivity index (χ3n) is 6.39. The largest absolute Gasteiger partial charge is 0.459 e. The molecular weight excluding hydrogens is 612 g/mol. The van der Waals surface area contributed by atoms with Gasteiger partial charge in [-0.1, -0.05) is 45.8 Å². The summed E-state index contributed by atoms with van der Waals surface area (Å²) in [5.41, 5.74) is -0.189. The zero-order chi connectivity index (χ0) is 34.6. The SMILES string of the molecule is C=CC(=O)OCCOC(=O)c1ccc(Oc2ccc(C(=O)OCCOC(=O)C=C)c(C(=O)NCCCCCCC)c2)cc1C(=O)NC. The maximum absolute atomic E-state index is 13.2. The van der Waals surface area contributed by atoms with Crippen LogP contribution in [0.4, 0.5) is 0 Å². The van der Waals surface area contributed by atoms with Gasteiger partial charge >= 0.3 is 23.9 Å². The number of rotatable bonds is 20. The van der Waals surface area contributed by atoms with Crippen LogP contribution in [0, 0.1) is 0 Å². The number of nitrogens with one attached hydrogen (secondary N) is 2. The molecule has 0 radical (unpaired) electrons. The van der Waals surface area contributed by atoms with Gasteiger partial charge in [-0.15, -0.1) is 0 Å². The summed E-state index contributed by atoms with van der Waals surface area (Å²) < 4.78 is 25.8. The Kier molecular flexibility index (Phi) is 16.5. The summed E-state index contributed by atoms with van der Waals surface area (Å²) in [5.74, 6) is -3.83. The van der Waals surface area contributed by atoms with Gasteiger partial charge in [0.15, 0.2) is 0 Å². The molecule has 2 amide bonds. The van der Waals surface area contributed by atoms with Crippen molar-refractivity contribution in [3.05, 3.63) is 84.0 Å². The highest BCUT2D eigenvalue weighted by Gasteiger charge is 2.22. The molecule has 0 aliphatic carbocycles. The van der Waals surface area contributed by atoms with E-state index in [2.05, 4.69) is 30.7 Å². The van der Waals surface area contributed by atoms with Crippen LogP contribution >= 0.6 is 0 Å². The summed E-state index contributed by atoms with van der Waals surface area (Å²) in [6.45, 7) is 8.18. The number of carbonyl (C=O) groups is 6. The molecule has 0 heterocycles. The van der Waals surface area contributed by atoms with Crippen LogP contribution in [-0.2, 0) is 28.5 Å². The van der Waals surface area contributed by atoms with Crippen molar-refractivity contribution in [1.82, 2.24) is 10.6 Å². The van der Waals surface area contributed by atoms with Crippen LogP contribution in [0.1, 0.15) is 80.5 Å². The van der Waals surface area contributed by atoms with Crippen LogP contribution in [-0.4, -0.2) is 75.7 Å². The van der Waals surface area contributed by atoms with E-state index in [1.54, 1.807) is 0 Å². The molecule has 0 aliphatic rings. The molecular formula is C34H40N2O11. The molecule has 252 valence electrons. The lowest BCUT2D eigenvalue weighted by Crippen LogP contribution is -2.27. The lowest BCUT2D eigenvalue weighted by molar-refractivity contribution is -0.139. The van der Waals surface area contributed by atoms with E-state index in [0.29, 0.717) is 6.54 Å². The van der Waals surface area contributed by atoms with E-state index in [0.717, 1.165) is 44.3 Å². The monoisotopic (exact) mass is 652 g/mol. The Morgan fingerprint density at radius 1 is 0.638 bits per heavy atom. The highest BCUT2D eigenvalue weighted by Crippen LogP contribution is 2.27. The number of hydrogen-bond acceptors (Lipinski definition) is 11. The first-order valence-corrected chi connectivity index (χ1v) is 15.0. The molecule has 47 heavy (non-hydrogen) atoms. The Morgan fingerprint density at radius 3 is 1.57 bits per heavy atom. The van der Waals surface area contributed by atoms with Crippen LogP contribution < -0.4 is 15.4 Å². The molecule has 13 heteroatoms. The summed E-state index contributed by atoms with van der Waals surface area (Å²) in [6, 6.07) is 8.21. The number of unbranched alkanes of at least 4 members (excludes halogenated alkanes) is 4. The molecule has 2 aromatic rings. The summed E-state index contributed by atoms with van der Waals surface area (Å²) >= 11 is 0. The van der Waals surface area contributed by atoms with E-state index in [1.165, 1.54) is 43.4 Å². The van der Waals surface area contributed by atoms with Gasteiger partial charge < -0.3 is 34.3 Å². The zero-order valence-electron chi connectivity index (χ0n) is 26.6. The summed E-state index contributed by atoms with van der Waals surface area (Å²) in [7, 11) is 1.38. The number of hydrogen-bond donors (Lipinski definition) is 2. The summed E-state index contributed by atoms with van der Waals surface area (Å²) in [5, 5.41) is 5.26. The lowest BCUT2D eigenvalue weighted by Gasteiger charge is -2.14. The minimum atomic E-state index is -0.833. The highest BCUT2D eigenvalue weighted by molar-refractivity contribution is 6.06. The number of benzene rings is 2. The molecule has 0 fully saturated rings. The van der Waals surface area contributed by atoms with Crippen LogP contribution in [0.5, 0.6) is 11.5 Å². The quantitative estimate of drug-likeness (QED) is 0.0903. The topological polar surface area (TPSA) is 173 Å². The second-order valence-electron chi connectivity index (χ2n) is 9.78. The van der Waals surface area contributed by atoms with Crippen molar-refractivity contribution >= 4 is 35.7 Å². The van der Waals surface area contributed by atoms with Gasteiger partial charge in [0.25, 0.3) is 11.8 Å².